The first-order valence-corrected chi connectivity index (χ1v) is 6.18. The van der Waals surface area contributed by atoms with Crippen LogP contribution in [-0.4, -0.2) is 10.8 Å². The third-order valence-corrected chi connectivity index (χ3v) is 3.12. The van der Waals surface area contributed by atoms with Crippen LogP contribution in [0.1, 0.15) is 15.9 Å². The molecule has 2 aromatic carbocycles. The van der Waals surface area contributed by atoms with Crippen LogP contribution in [0.5, 0.6) is 0 Å². The van der Waals surface area contributed by atoms with Crippen LogP contribution in [-0.2, 0) is 0 Å². The number of para-hydroxylation sites is 1. The van der Waals surface area contributed by atoms with Crippen LogP contribution in [0.25, 0.3) is 0 Å². The molecule has 0 bridgehead atoms. The first-order valence-electron chi connectivity index (χ1n) is 5.80. The second kappa shape index (κ2) is 5.71. The number of anilines is 1. The van der Waals surface area contributed by atoms with Gasteiger partial charge in [-0.1, -0.05) is 35.9 Å². The molecule has 0 saturated heterocycles. The molecule has 0 aliphatic heterocycles. The third-order valence-electron chi connectivity index (χ3n) is 2.81. The lowest BCUT2D eigenvalue weighted by molar-refractivity contribution is -0.385. The van der Waals surface area contributed by atoms with Crippen molar-refractivity contribution in [2.24, 2.45) is 0 Å². The highest BCUT2D eigenvalue weighted by Crippen LogP contribution is 2.27. The molecule has 2 rings (SSSR count). The monoisotopic (exact) mass is 290 g/mol. The Balaban J connectivity index is 2.40. The number of nitrogens with one attached hydrogen (secondary N) is 1. The van der Waals surface area contributed by atoms with E-state index in [9.17, 15) is 14.9 Å². The number of carbonyl (C=O) groups is 1. The van der Waals surface area contributed by atoms with Gasteiger partial charge < -0.3 is 5.32 Å². The van der Waals surface area contributed by atoms with Crippen LogP contribution in [0.3, 0.4) is 0 Å². The van der Waals surface area contributed by atoms with Crippen molar-refractivity contribution in [3.8, 4) is 0 Å². The summed E-state index contributed by atoms with van der Waals surface area (Å²) in [6.45, 7) is 1.83. The van der Waals surface area contributed by atoms with Gasteiger partial charge in [-0.3, -0.25) is 14.9 Å². The number of hydrogen-bond donors (Lipinski definition) is 1. The van der Waals surface area contributed by atoms with Crippen molar-refractivity contribution in [1.29, 1.82) is 0 Å². The Labute approximate surface area is 120 Å². The van der Waals surface area contributed by atoms with E-state index < -0.39 is 10.8 Å². The van der Waals surface area contributed by atoms with E-state index in [1.54, 1.807) is 12.1 Å². The molecule has 0 atom stereocenters. The van der Waals surface area contributed by atoms with Crippen LogP contribution in [0.15, 0.2) is 42.5 Å². The summed E-state index contributed by atoms with van der Waals surface area (Å²) in [5.41, 5.74) is 0.994. The van der Waals surface area contributed by atoms with Gasteiger partial charge in [0.15, 0.2) is 0 Å². The molecule has 0 unspecified atom stereocenters. The maximum Gasteiger partial charge on any atom is 0.283 e. The molecule has 0 aliphatic carbocycles. The number of benzene rings is 2. The Morgan fingerprint density at radius 1 is 1.20 bits per heavy atom. The van der Waals surface area contributed by atoms with E-state index in [4.69, 9.17) is 11.6 Å². The lowest BCUT2D eigenvalue weighted by atomic mass is 10.1. The molecular weight excluding hydrogens is 280 g/mol. The molecule has 6 heteroatoms. The lowest BCUT2D eigenvalue weighted by Gasteiger charge is -2.09. The lowest BCUT2D eigenvalue weighted by Crippen LogP contribution is -2.15. The number of amides is 1. The molecule has 0 heterocycles. The second-order valence-corrected chi connectivity index (χ2v) is 4.57. The maximum atomic E-state index is 12.2. The average Bonchev–Trinajstić information content (AvgIpc) is 2.40. The second-order valence-electron chi connectivity index (χ2n) is 4.16. The van der Waals surface area contributed by atoms with Gasteiger partial charge in [-0.25, -0.2) is 0 Å². The van der Waals surface area contributed by atoms with Crippen molar-refractivity contribution in [2.75, 3.05) is 5.32 Å². The minimum atomic E-state index is -0.626. The molecule has 102 valence electrons. The Kier molecular flexibility index (Phi) is 4.00. The molecule has 0 aliphatic rings. The maximum absolute atomic E-state index is 12.2. The Bertz CT molecular complexity index is 686. The molecule has 0 fully saturated rings. The van der Waals surface area contributed by atoms with E-state index in [-0.39, 0.29) is 16.3 Å². The van der Waals surface area contributed by atoms with Crippen molar-refractivity contribution >= 4 is 28.9 Å². The smallest absolute Gasteiger partial charge is 0.283 e. The molecule has 20 heavy (non-hydrogen) atoms. The zero-order chi connectivity index (χ0) is 14.7. The van der Waals surface area contributed by atoms with Crippen molar-refractivity contribution in [1.82, 2.24) is 0 Å². The van der Waals surface area contributed by atoms with E-state index in [1.807, 2.05) is 19.1 Å². The SMILES string of the molecule is Cc1ccccc1NC(=O)c1c(Cl)cccc1[N+](=O)[O-]. The molecule has 0 spiro atoms. The molecule has 2 aromatic rings. The van der Waals surface area contributed by atoms with E-state index in [2.05, 4.69) is 5.32 Å². The fourth-order valence-electron chi connectivity index (χ4n) is 1.79. The summed E-state index contributed by atoms with van der Waals surface area (Å²) in [5, 5.41) is 13.6. The normalized spacial score (nSPS) is 10.1. The first kappa shape index (κ1) is 14.0. The fraction of sp³-hybridized carbons (Fsp3) is 0.0714. The van der Waals surface area contributed by atoms with E-state index >= 15 is 0 Å². The van der Waals surface area contributed by atoms with E-state index in [0.717, 1.165) is 5.56 Å². The third kappa shape index (κ3) is 2.78. The number of rotatable bonds is 3. The summed E-state index contributed by atoms with van der Waals surface area (Å²) in [5.74, 6) is -0.600. The largest absolute Gasteiger partial charge is 0.321 e. The first-order chi connectivity index (χ1) is 9.50. The highest BCUT2D eigenvalue weighted by atomic mass is 35.5. The summed E-state index contributed by atoms with van der Waals surface area (Å²) in [6.07, 6.45) is 0. The highest BCUT2D eigenvalue weighted by Gasteiger charge is 2.23. The van der Waals surface area contributed by atoms with Gasteiger partial charge in [-0.05, 0) is 24.6 Å². The summed E-state index contributed by atoms with van der Waals surface area (Å²) >= 11 is 5.91. The molecular formula is C14H11ClN2O3. The molecule has 1 N–H and O–H groups in total. The van der Waals surface area contributed by atoms with Gasteiger partial charge in [0.2, 0.25) is 0 Å². The number of hydrogen-bond acceptors (Lipinski definition) is 3. The van der Waals surface area contributed by atoms with Crippen LogP contribution in [0.2, 0.25) is 5.02 Å². The zero-order valence-electron chi connectivity index (χ0n) is 10.6. The fourth-order valence-corrected chi connectivity index (χ4v) is 2.04. The van der Waals surface area contributed by atoms with Crippen LogP contribution < -0.4 is 5.32 Å². The number of nitro groups is 1. The van der Waals surface area contributed by atoms with Gasteiger partial charge in [-0.15, -0.1) is 0 Å². The minimum Gasteiger partial charge on any atom is -0.321 e. The number of nitro benzene ring substituents is 1. The molecule has 0 aromatic heterocycles. The Hall–Kier alpha value is -2.40. The number of halogens is 1. The van der Waals surface area contributed by atoms with Gasteiger partial charge in [-0.2, -0.15) is 0 Å². The van der Waals surface area contributed by atoms with Gasteiger partial charge in [0.25, 0.3) is 11.6 Å². The minimum absolute atomic E-state index is 0.0466. The standard InChI is InChI=1S/C14H11ClN2O3/c1-9-5-2-3-7-11(9)16-14(18)13-10(15)6-4-8-12(13)17(19)20/h2-8H,1H3,(H,16,18). The average molecular weight is 291 g/mol. The van der Waals surface area contributed by atoms with Crippen molar-refractivity contribution < 1.29 is 9.72 Å². The van der Waals surface area contributed by atoms with Gasteiger partial charge in [0.1, 0.15) is 5.56 Å². The van der Waals surface area contributed by atoms with Crippen molar-refractivity contribution in [3.05, 3.63) is 68.7 Å². The predicted octanol–water partition coefficient (Wildman–Crippen LogP) is 3.81. The van der Waals surface area contributed by atoms with Gasteiger partial charge >= 0.3 is 0 Å². The molecule has 0 radical (unpaired) electrons. The number of aryl methyl sites for hydroxylation is 1. The Morgan fingerprint density at radius 3 is 2.55 bits per heavy atom. The molecule has 0 saturated carbocycles. The van der Waals surface area contributed by atoms with Crippen LogP contribution in [0.4, 0.5) is 11.4 Å². The summed E-state index contributed by atoms with van der Waals surface area (Å²) in [7, 11) is 0. The quantitative estimate of drug-likeness (QED) is 0.690. The summed E-state index contributed by atoms with van der Waals surface area (Å²) in [6, 6.07) is 11.3. The van der Waals surface area contributed by atoms with Crippen molar-refractivity contribution in [2.45, 2.75) is 6.92 Å². The van der Waals surface area contributed by atoms with Gasteiger partial charge in [0, 0.05) is 11.8 Å². The highest BCUT2D eigenvalue weighted by molar-refractivity contribution is 6.35. The van der Waals surface area contributed by atoms with Crippen LogP contribution >= 0.6 is 11.6 Å². The van der Waals surface area contributed by atoms with E-state index in [1.165, 1.54) is 18.2 Å². The van der Waals surface area contributed by atoms with Crippen LogP contribution in [0, 0.1) is 17.0 Å². The van der Waals surface area contributed by atoms with E-state index in [0.29, 0.717) is 5.69 Å². The summed E-state index contributed by atoms with van der Waals surface area (Å²) < 4.78 is 0. The Morgan fingerprint density at radius 2 is 1.90 bits per heavy atom. The molecule has 5 nitrogen and oxygen atoms in total. The molecule has 1 amide bonds. The summed E-state index contributed by atoms with van der Waals surface area (Å²) in [4.78, 5) is 22.6. The number of carbonyl (C=O) groups excluding carboxylic acids is 1. The predicted molar refractivity (Wildman–Crippen MR) is 77.2 cm³/mol. The topological polar surface area (TPSA) is 72.2 Å². The van der Waals surface area contributed by atoms with Crippen molar-refractivity contribution in [3.63, 3.8) is 0 Å². The number of nitrogens with zero attached hydrogens (tertiary/aromatic N) is 1. The zero-order valence-corrected chi connectivity index (χ0v) is 11.3. The van der Waals surface area contributed by atoms with Gasteiger partial charge in [0.05, 0.1) is 9.95 Å².